The zero-order valence-electron chi connectivity index (χ0n) is 17.2. The van der Waals surface area contributed by atoms with E-state index < -0.39 is 17.7 Å². The number of furan rings is 1. The van der Waals surface area contributed by atoms with E-state index in [-0.39, 0.29) is 11.3 Å². The van der Waals surface area contributed by atoms with Crippen LogP contribution in [0.15, 0.2) is 46.6 Å². The topological polar surface area (TPSA) is 83.2 Å². The summed E-state index contributed by atoms with van der Waals surface area (Å²) in [5.41, 5.74) is 0.311. The lowest BCUT2D eigenvalue weighted by Gasteiger charge is -2.24. The number of likely N-dealkylation sites (tertiary alicyclic amines) is 1. The third-order valence-electron chi connectivity index (χ3n) is 4.86. The van der Waals surface area contributed by atoms with Crippen molar-refractivity contribution in [3.8, 4) is 5.75 Å². The zero-order chi connectivity index (χ0) is 21.8. The third-order valence-corrected chi connectivity index (χ3v) is 5.16. The molecule has 0 bridgehead atoms. The Hall–Kier alpha value is -2.77. The molecule has 0 unspecified atom stereocenters. The monoisotopic (exact) mass is 432 g/mol. The number of halogens is 1. The van der Waals surface area contributed by atoms with E-state index in [1.807, 2.05) is 25.9 Å². The van der Waals surface area contributed by atoms with Gasteiger partial charge >= 0.3 is 0 Å². The molecule has 8 heteroatoms. The Morgan fingerprint density at radius 3 is 2.67 bits per heavy atom. The van der Waals surface area contributed by atoms with Gasteiger partial charge in [0.2, 0.25) is 0 Å². The van der Waals surface area contributed by atoms with Crippen molar-refractivity contribution in [1.82, 2.24) is 9.80 Å². The van der Waals surface area contributed by atoms with Gasteiger partial charge in [0.1, 0.15) is 23.3 Å². The molecule has 1 aromatic carbocycles. The second kappa shape index (κ2) is 9.36. The van der Waals surface area contributed by atoms with E-state index in [0.717, 1.165) is 6.54 Å². The molecule has 160 valence electrons. The number of carbonyl (C=O) groups excluding carboxylic acids is 2. The molecular weight excluding hydrogens is 408 g/mol. The van der Waals surface area contributed by atoms with Gasteiger partial charge in [-0.05, 0) is 64.3 Å². The number of ether oxygens (including phenoxy) is 1. The summed E-state index contributed by atoms with van der Waals surface area (Å²) in [4.78, 5) is 29.1. The Kier molecular flexibility index (Phi) is 6.84. The first kappa shape index (κ1) is 21.9. The largest absolute Gasteiger partial charge is 0.507 e. The summed E-state index contributed by atoms with van der Waals surface area (Å²) in [6.45, 7) is 3.39. The molecule has 2 heterocycles. The van der Waals surface area contributed by atoms with E-state index in [9.17, 15) is 14.7 Å². The van der Waals surface area contributed by atoms with Crippen molar-refractivity contribution in [3.63, 3.8) is 0 Å². The molecule has 0 spiro atoms. The molecule has 0 aliphatic carbocycles. The van der Waals surface area contributed by atoms with E-state index in [0.29, 0.717) is 41.7 Å². The average Bonchev–Trinajstić information content (AvgIpc) is 3.31. The number of aliphatic hydroxyl groups is 1. The van der Waals surface area contributed by atoms with Crippen molar-refractivity contribution in [2.75, 3.05) is 33.8 Å². The van der Waals surface area contributed by atoms with Gasteiger partial charge in [-0.3, -0.25) is 9.59 Å². The quantitative estimate of drug-likeness (QED) is 0.389. The number of Topliss-reactive ketones (excluding diaryl/α,β-unsaturated/α-hetero) is 1. The molecule has 30 heavy (non-hydrogen) atoms. The van der Waals surface area contributed by atoms with Crippen molar-refractivity contribution in [3.05, 3.63) is 58.5 Å². The van der Waals surface area contributed by atoms with Crippen molar-refractivity contribution in [1.29, 1.82) is 0 Å². The predicted molar refractivity (Wildman–Crippen MR) is 114 cm³/mol. The maximum Gasteiger partial charge on any atom is 0.295 e. The van der Waals surface area contributed by atoms with Crippen LogP contribution >= 0.6 is 11.6 Å². The minimum absolute atomic E-state index is 0.0139. The van der Waals surface area contributed by atoms with Gasteiger partial charge in [0, 0.05) is 12.1 Å². The smallest absolute Gasteiger partial charge is 0.295 e. The predicted octanol–water partition coefficient (Wildman–Crippen LogP) is 3.71. The van der Waals surface area contributed by atoms with Gasteiger partial charge < -0.3 is 24.1 Å². The second-order valence-electron chi connectivity index (χ2n) is 7.24. The summed E-state index contributed by atoms with van der Waals surface area (Å²) in [5, 5.41) is 11.3. The number of ketones is 1. The third kappa shape index (κ3) is 4.37. The van der Waals surface area contributed by atoms with Crippen molar-refractivity contribution in [2.45, 2.75) is 19.4 Å². The number of nitrogens with zero attached hydrogens (tertiary/aromatic N) is 2. The molecule has 7 nitrogen and oxygen atoms in total. The molecule has 1 aliphatic heterocycles. The van der Waals surface area contributed by atoms with Gasteiger partial charge in [0.05, 0.1) is 23.5 Å². The van der Waals surface area contributed by atoms with Crippen LogP contribution in [0.4, 0.5) is 0 Å². The molecule has 1 aromatic heterocycles. The van der Waals surface area contributed by atoms with Crippen LogP contribution in [0.3, 0.4) is 0 Å². The molecule has 0 radical (unpaired) electrons. The van der Waals surface area contributed by atoms with E-state index in [1.165, 1.54) is 17.2 Å². The molecule has 1 amide bonds. The molecule has 1 N–H and O–H groups in total. The fraction of sp³-hybridized carbons (Fsp3) is 0.364. The molecule has 2 aromatic rings. The van der Waals surface area contributed by atoms with Gasteiger partial charge in [-0.2, -0.15) is 0 Å². The molecule has 1 saturated heterocycles. The number of benzene rings is 1. The van der Waals surface area contributed by atoms with Crippen LogP contribution in [0, 0.1) is 0 Å². The first-order valence-electron chi connectivity index (χ1n) is 9.74. The SMILES string of the molecule is CCOc1ccc(C(O)=C2C(=O)C(=O)N(CCCN(C)C)[C@@H]2c2ccco2)cc1Cl. The van der Waals surface area contributed by atoms with Crippen LogP contribution in [0.25, 0.3) is 5.76 Å². The van der Waals surface area contributed by atoms with E-state index in [2.05, 4.69) is 0 Å². The minimum Gasteiger partial charge on any atom is -0.507 e. The fourth-order valence-electron chi connectivity index (χ4n) is 3.49. The van der Waals surface area contributed by atoms with Gasteiger partial charge in [-0.1, -0.05) is 11.6 Å². The van der Waals surface area contributed by atoms with Gasteiger partial charge in [0.15, 0.2) is 0 Å². The average molecular weight is 433 g/mol. The highest BCUT2D eigenvalue weighted by Crippen LogP contribution is 2.40. The standard InChI is InChI=1S/C22H25ClN2O5/c1-4-29-16-9-8-14(13-15(16)23)20(26)18-19(17-7-5-12-30-17)25(22(28)21(18)27)11-6-10-24(2)3/h5,7-9,12-13,19,26H,4,6,10-11H2,1-3H3/t19-/m1/s1. The highest BCUT2D eigenvalue weighted by atomic mass is 35.5. The van der Waals surface area contributed by atoms with Gasteiger partial charge in [-0.15, -0.1) is 0 Å². The number of rotatable bonds is 8. The summed E-state index contributed by atoms with van der Waals surface area (Å²) in [5.74, 6) is -0.813. The number of hydrogen-bond donors (Lipinski definition) is 1. The number of amides is 1. The lowest BCUT2D eigenvalue weighted by Crippen LogP contribution is -2.32. The summed E-state index contributed by atoms with van der Waals surface area (Å²) in [6, 6.07) is 7.31. The number of aliphatic hydroxyl groups excluding tert-OH is 1. The highest BCUT2D eigenvalue weighted by Gasteiger charge is 2.47. The van der Waals surface area contributed by atoms with Crippen LogP contribution in [-0.2, 0) is 9.59 Å². The summed E-state index contributed by atoms with van der Waals surface area (Å²) in [7, 11) is 3.88. The van der Waals surface area contributed by atoms with Crippen LogP contribution < -0.4 is 4.74 Å². The van der Waals surface area contributed by atoms with Crippen molar-refractivity contribution < 1.29 is 23.8 Å². The first-order chi connectivity index (χ1) is 14.3. The summed E-state index contributed by atoms with van der Waals surface area (Å²) in [6.07, 6.45) is 2.15. The van der Waals surface area contributed by atoms with E-state index in [1.54, 1.807) is 24.3 Å². The van der Waals surface area contributed by atoms with Crippen LogP contribution in [-0.4, -0.2) is 60.4 Å². The lowest BCUT2D eigenvalue weighted by atomic mass is 9.99. The Labute approximate surface area is 180 Å². The molecule has 3 rings (SSSR count). The van der Waals surface area contributed by atoms with Gasteiger partial charge in [0.25, 0.3) is 11.7 Å². The summed E-state index contributed by atoms with van der Waals surface area (Å²) < 4.78 is 10.9. The van der Waals surface area contributed by atoms with Crippen molar-refractivity contribution in [2.24, 2.45) is 0 Å². The highest BCUT2D eigenvalue weighted by molar-refractivity contribution is 6.46. The molecule has 1 atom stereocenters. The maximum atomic E-state index is 12.9. The van der Waals surface area contributed by atoms with Crippen LogP contribution in [0.1, 0.15) is 30.7 Å². The van der Waals surface area contributed by atoms with Crippen molar-refractivity contribution >= 4 is 29.1 Å². The molecule has 0 saturated carbocycles. The summed E-state index contributed by atoms with van der Waals surface area (Å²) >= 11 is 6.24. The molecule has 1 aliphatic rings. The first-order valence-corrected chi connectivity index (χ1v) is 10.1. The molecule has 1 fully saturated rings. The number of hydrogen-bond acceptors (Lipinski definition) is 6. The Morgan fingerprint density at radius 2 is 2.07 bits per heavy atom. The normalized spacial score (nSPS) is 18.4. The maximum absolute atomic E-state index is 12.9. The van der Waals surface area contributed by atoms with Crippen LogP contribution in [0.2, 0.25) is 5.02 Å². The van der Waals surface area contributed by atoms with Gasteiger partial charge in [-0.25, -0.2) is 0 Å². The second-order valence-corrected chi connectivity index (χ2v) is 7.65. The van der Waals surface area contributed by atoms with Crippen LogP contribution in [0.5, 0.6) is 5.75 Å². The Bertz CT molecular complexity index is 952. The van der Waals surface area contributed by atoms with E-state index >= 15 is 0 Å². The number of carbonyl (C=O) groups is 2. The lowest BCUT2D eigenvalue weighted by molar-refractivity contribution is -0.140. The Balaban J connectivity index is 2.03. The zero-order valence-corrected chi connectivity index (χ0v) is 18.0. The fourth-order valence-corrected chi connectivity index (χ4v) is 3.72. The molecular formula is C22H25ClN2O5. The Morgan fingerprint density at radius 1 is 1.30 bits per heavy atom. The van der Waals surface area contributed by atoms with E-state index in [4.69, 9.17) is 20.8 Å². The minimum atomic E-state index is -0.799.